The van der Waals surface area contributed by atoms with Crippen molar-refractivity contribution in [3.8, 4) is 0 Å². The second-order valence-corrected chi connectivity index (χ2v) is 4.79. The number of pyridine rings is 1. The number of rotatable bonds is 6. The van der Waals surface area contributed by atoms with Crippen LogP contribution in [-0.4, -0.2) is 35.2 Å². The third-order valence-electron chi connectivity index (χ3n) is 2.01. The van der Waals surface area contributed by atoms with E-state index in [1.54, 1.807) is 11.8 Å². The number of hydrogen-bond donors (Lipinski definition) is 1. The molecule has 0 aliphatic rings. The van der Waals surface area contributed by atoms with Gasteiger partial charge in [-0.05, 0) is 38.5 Å². The Labute approximate surface area is 101 Å². The number of aliphatic hydroxyl groups is 1. The van der Waals surface area contributed by atoms with E-state index in [0.717, 1.165) is 10.7 Å². The highest BCUT2D eigenvalue weighted by Crippen LogP contribution is 2.18. The smallest absolute Gasteiger partial charge is 0.0966 e. The molecule has 1 rings (SSSR count). The van der Waals surface area contributed by atoms with E-state index >= 15 is 0 Å². The van der Waals surface area contributed by atoms with Crippen LogP contribution in [0, 0.1) is 13.8 Å². The summed E-state index contributed by atoms with van der Waals surface area (Å²) in [6, 6.07) is 4.08. The van der Waals surface area contributed by atoms with Gasteiger partial charge in [-0.2, -0.15) is 0 Å². The van der Waals surface area contributed by atoms with E-state index in [1.165, 1.54) is 5.56 Å². The first-order chi connectivity index (χ1) is 7.61. The molecule has 0 bridgehead atoms. The highest BCUT2D eigenvalue weighted by Gasteiger charge is 2.06. The molecule has 0 aliphatic carbocycles. The molecule has 0 radical (unpaired) electrons. The minimum Gasteiger partial charge on any atom is -0.390 e. The first-order valence-corrected chi connectivity index (χ1v) is 6.44. The fourth-order valence-corrected chi connectivity index (χ4v) is 2.30. The molecule has 0 aliphatic heterocycles. The summed E-state index contributed by atoms with van der Waals surface area (Å²) in [5, 5.41) is 10.6. The van der Waals surface area contributed by atoms with Crippen molar-refractivity contribution in [3.63, 3.8) is 0 Å². The number of nitrogens with zero attached hydrogens (tertiary/aromatic N) is 1. The second kappa shape index (κ2) is 6.89. The number of thioether (sulfide) groups is 1. The third-order valence-corrected chi connectivity index (χ3v) is 3.07. The average molecular weight is 241 g/mol. The lowest BCUT2D eigenvalue weighted by Gasteiger charge is -2.10. The summed E-state index contributed by atoms with van der Waals surface area (Å²) in [6.07, 6.45) is -0.424. The number of aromatic nitrogens is 1. The Kier molecular flexibility index (Phi) is 5.80. The van der Waals surface area contributed by atoms with Crippen molar-refractivity contribution in [2.75, 3.05) is 19.0 Å². The number of aryl methyl sites for hydroxylation is 2. The first kappa shape index (κ1) is 13.5. The minimum absolute atomic E-state index is 0.397. The Morgan fingerprint density at radius 3 is 2.81 bits per heavy atom. The van der Waals surface area contributed by atoms with Gasteiger partial charge in [-0.25, -0.2) is 4.98 Å². The Balaban J connectivity index is 2.41. The van der Waals surface area contributed by atoms with Crippen LogP contribution >= 0.6 is 11.8 Å². The fraction of sp³-hybridized carbons (Fsp3) is 0.583. The molecule has 3 nitrogen and oxygen atoms in total. The maximum Gasteiger partial charge on any atom is 0.0966 e. The molecule has 1 N–H and O–H groups in total. The van der Waals surface area contributed by atoms with Gasteiger partial charge in [0.2, 0.25) is 0 Å². The third kappa shape index (κ3) is 4.96. The molecule has 4 heteroatoms. The highest BCUT2D eigenvalue weighted by molar-refractivity contribution is 7.99. The molecule has 16 heavy (non-hydrogen) atoms. The standard InChI is InChI=1S/C12H19NO2S/c1-4-15-7-11(14)8-16-12-6-9(2)5-10(3)13-12/h5-6,11,14H,4,7-8H2,1-3H3. The Morgan fingerprint density at radius 1 is 1.44 bits per heavy atom. The quantitative estimate of drug-likeness (QED) is 0.775. The van der Waals surface area contributed by atoms with Crippen LogP contribution in [0.1, 0.15) is 18.2 Å². The molecule has 0 aromatic carbocycles. The van der Waals surface area contributed by atoms with E-state index in [1.807, 2.05) is 26.0 Å². The summed E-state index contributed by atoms with van der Waals surface area (Å²) in [5.41, 5.74) is 2.22. The lowest BCUT2D eigenvalue weighted by atomic mass is 10.3. The zero-order valence-electron chi connectivity index (χ0n) is 10.1. The molecule has 0 fully saturated rings. The Bertz CT molecular complexity index is 311. The minimum atomic E-state index is -0.424. The van der Waals surface area contributed by atoms with Gasteiger partial charge in [0.05, 0.1) is 17.7 Å². The molecule has 0 saturated carbocycles. The molecule has 0 spiro atoms. The van der Waals surface area contributed by atoms with Crippen LogP contribution in [-0.2, 0) is 4.74 Å². The second-order valence-electron chi connectivity index (χ2n) is 3.75. The van der Waals surface area contributed by atoms with Crippen molar-refractivity contribution in [2.24, 2.45) is 0 Å². The summed E-state index contributed by atoms with van der Waals surface area (Å²) < 4.78 is 5.15. The van der Waals surface area contributed by atoms with Crippen molar-refractivity contribution in [1.82, 2.24) is 4.98 Å². The normalized spacial score (nSPS) is 12.8. The molecular formula is C12H19NO2S. The highest BCUT2D eigenvalue weighted by atomic mass is 32.2. The number of ether oxygens (including phenoxy) is 1. The monoisotopic (exact) mass is 241 g/mol. The zero-order valence-corrected chi connectivity index (χ0v) is 10.9. The number of aliphatic hydroxyl groups excluding tert-OH is 1. The Hall–Kier alpha value is -0.580. The molecule has 90 valence electrons. The predicted molar refractivity (Wildman–Crippen MR) is 66.9 cm³/mol. The zero-order chi connectivity index (χ0) is 12.0. The molecule has 0 amide bonds. The summed E-state index contributed by atoms with van der Waals surface area (Å²) in [6.45, 7) is 6.99. The van der Waals surface area contributed by atoms with Gasteiger partial charge in [0.15, 0.2) is 0 Å². The fourth-order valence-electron chi connectivity index (χ4n) is 1.36. The lowest BCUT2D eigenvalue weighted by molar-refractivity contribution is 0.0551. The maximum atomic E-state index is 9.61. The van der Waals surface area contributed by atoms with Crippen molar-refractivity contribution >= 4 is 11.8 Å². The molecule has 1 aromatic rings. The van der Waals surface area contributed by atoms with Crippen molar-refractivity contribution in [3.05, 3.63) is 23.4 Å². The lowest BCUT2D eigenvalue weighted by Crippen LogP contribution is -2.17. The van der Waals surface area contributed by atoms with Gasteiger partial charge in [-0.1, -0.05) is 0 Å². The number of hydrogen-bond acceptors (Lipinski definition) is 4. The average Bonchev–Trinajstić information content (AvgIpc) is 2.22. The molecule has 1 unspecified atom stereocenters. The van der Waals surface area contributed by atoms with Gasteiger partial charge >= 0.3 is 0 Å². The van der Waals surface area contributed by atoms with Gasteiger partial charge in [-0.3, -0.25) is 0 Å². The predicted octanol–water partition coefficient (Wildman–Crippen LogP) is 2.19. The maximum absolute atomic E-state index is 9.61. The van der Waals surface area contributed by atoms with Crippen LogP contribution in [0.2, 0.25) is 0 Å². The van der Waals surface area contributed by atoms with Crippen molar-refractivity contribution < 1.29 is 9.84 Å². The van der Waals surface area contributed by atoms with Gasteiger partial charge in [0, 0.05) is 18.1 Å². The largest absolute Gasteiger partial charge is 0.390 e. The molecular weight excluding hydrogens is 222 g/mol. The topological polar surface area (TPSA) is 42.4 Å². The summed E-state index contributed by atoms with van der Waals surface area (Å²) in [5.74, 6) is 0.621. The summed E-state index contributed by atoms with van der Waals surface area (Å²) in [4.78, 5) is 4.40. The van der Waals surface area contributed by atoms with E-state index < -0.39 is 6.10 Å². The van der Waals surface area contributed by atoms with Gasteiger partial charge in [0.1, 0.15) is 0 Å². The van der Waals surface area contributed by atoms with Crippen LogP contribution < -0.4 is 0 Å². The van der Waals surface area contributed by atoms with Gasteiger partial charge in [-0.15, -0.1) is 11.8 Å². The SMILES string of the molecule is CCOCC(O)CSc1cc(C)cc(C)n1. The van der Waals surface area contributed by atoms with Crippen LogP contribution in [0.15, 0.2) is 17.2 Å². The van der Waals surface area contributed by atoms with Crippen LogP contribution in [0.5, 0.6) is 0 Å². The van der Waals surface area contributed by atoms with Gasteiger partial charge in [0.25, 0.3) is 0 Å². The molecule has 1 atom stereocenters. The summed E-state index contributed by atoms with van der Waals surface area (Å²) in [7, 11) is 0. The Morgan fingerprint density at radius 2 is 2.19 bits per heavy atom. The van der Waals surface area contributed by atoms with E-state index in [2.05, 4.69) is 11.9 Å². The van der Waals surface area contributed by atoms with E-state index in [4.69, 9.17) is 4.74 Å². The van der Waals surface area contributed by atoms with Crippen molar-refractivity contribution in [1.29, 1.82) is 0 Å². The van der Waals surface area contributed by atoms with Crippen LogP contribution in [0.25, 0.3) is 0 Å². The van der Waals surface area contributed by atoms with E-state index in [0.29, 0.717) is 19.0 Å². The van der Waals surface area contributed by atoms with Crippen LogP contribution in [0.3, 0.4) is 0 Å². The van der Waals surface area contributed by atoms with Crippen LogP contribution in [0.4, 0.5) is 0 Å². The molecule has 1 aromatic heterocycles. The molecule has 1 heterocycles. The van der Waals surface area contributed by atoms with E-state index in [9.17, 15) is 5.11 Å². The molecule has 0 saturated heterocycles. The van der Waals surface area contributed by atoms with E-state index in [-0.39, 0.29) is 0 Å². The first-order valence-electron chi connectivity index (χ1n) is 5.45. The van der Waals surface area contributed by atoms with Gasteiger partial charge < -0.3 is 9.84 Å². The van der Waals surface area contributed by atoms with Crippen molar-refractivity contribution in [2.45, 2.75) is 31.9 Å². The summed E-state index contributed by atoms with van der Waals surface area (Å²) >= 11 is 1.57.